The van der Waals surface area contributed by atoms with E-state index in [9.17, 15) is 18.9 Å². The van der Waals surface area contributed by atoms with Crippen LogP contribution in [0.15, 0.2) is 0 Å². The van der Waals surface area contributed by atoms with Gasteiger partial charge in [-0.15, -0.1) is 23.8 Å². The summed E-state index contributed by atoms with van der Waals surface area (Å²) in [6, 6.07) is 0. The Kier molecular flexibility index (Phi) is 11.9. The summed E-state index contributed by atoms with van der Waals surface area (Å²) in [6.45, 7) is -1.26. The molecule has 10 heteroatoms. The Balaban J connectivity index is 5.75. The second-order valence-corrected chi connectivity index (χ2v) is 5.81. The van der Waals surface area contributed by atoms with Crippen molar-refractivity contribution in [2.45, 2.75) is 18.4 Å². The molecule has 0 fully saturated rings. The summed E-state index contributed by atoms with van der Waals surface area (Å²) in [7, 11) is -1.39. The Morgan fingerprint density at radius 2 is 1.33 bits per heavy atom. The van der Waals surface area contributed by atoms with Crippen LogP contribution in [0.25, 0.3) is 0 Å². The van der Waals surface area contributed by atoms with Gasteiger partial charge in [-0.05, 0) is 4.57 Å². The van der Waals surface area contributed by atoms with Crippen molar-refractivity contribution in [3.05, 3.63) is 0 Å². The summed E-state index contributed by atoms with van der Waals surface area (Å²) in [6.07, 6.45) is 12.9. The SMILES string of the molecule is C#CCOC(=O)CC(CC(=O)OCC#C)(O[P+](=O)COC)C(=O)OCC#C. The van der Waals surface area contributed by atoms with Crippen LogP contribution in [0, 0.1) is 37.0 Å². The number of methoxy groups -OCH3 is 1. The number of hydrogen-bond donors (Lipinski definition) is 0. The van der Waals surface area contributed by atoms with E-state index >= 15 is 0 Å². The van der Waals surface area contributed by atoms with E-state index in [4.69, 9.17) is 38.0 Å². The third-order valence-corrected chi connectivity index (χ3v) is 3.68. The van der Waals surface area contributed by atoms with Crippen molar-refractivity contribution in [1.29, 1.82) is 0 Å². The van der Waals surface area contributed by atoms with Crippen LogP contribution in [0.2, 0.25) is 0 Å². The lowest BCUT2D eigenvalue weighted by molar-refractivity contribution is -0.172. The monoisotopic (exact) mass is 397 g/mol. The number of esters is 3. The highest BCUT2D eigenvalue weighted by Gasteiger charge is 2.53. The van der Waals surface area contributed by atoms with Gasteiger partial charge in [-0.1, -0.05) is 17.8 Å². The van der Waals surface area contributed by atoms with Crippen LogP contribution in [0.1, 0.15) is 12.8 Å². The first-order chi connectivity index (χ1) is 12.8. The molecule has 0 saturated carbocycles. The zero-order valence-electron chi connectivity index (χ0n) is 14.6. The minimum absolute atomic E-state index is 0.389. The fourth-order valence-electron chi connectivity index (χ4n) is 1.69. The Morgan fingerprint density at radius 3 is 1.74 bits per heavy atom. The molecule has 9 nitrogen and oxygen atoms in total. The second kappa shape index (κ2) is 13.3. The lowest BCUT2D eigenvalue weighted by Crippen LogP contribution is -2.46. The average Bonchev–Trinajstić information content (AvgIpc) is 2.62. The van der Waals surface area contributed by atoms with Gasteiger partial charge in [0.2, 0.25) is 5.60 Å². The van der Waals surface area contributed by atoms with Gasteiger partial charge in [0.05, 0.1) is 12.8 Å². The van der Waals surface area contributed by atoms with Gasteiger partial charge in [0.15, 0.2) is 19.8 Å². The Hall–Kier alpha value is -2.89. The zero-order valence-corrected chi connectivity index (χ0v) is 15.5. The molecule has 0 aliphatic rings. The molecule has 0 N–H and O–H groups in total. The maximum absolute atomic E-state index is 12.5. The molecule has 0 aromatic carbocycles. The van der Waals surface area contributed by atoms with Crippen molar-refractivity contribution in [2.75, 3.05) is 33.3 Å². The lowest BCUT2D eigenvalue weighted by atomic mass is 9.95. The van der Waals surface area contributed by atoms with E-state index in [0.717, 1.165) is 0 Å². The van der Waals surface area contributed by atoms with E-state index in [-0.39, 0.29) is 13.2 Å². The highest BCUT2D eigenvalue weighted by molar-refractivity contribution is 7.38. The predicted octanol–water partition coefficient (Wildman–Crippen LogP) is 0.397. The predicted molar refractivity (Wildman–Crippen MR) is 91.9 cm³/mol. The fraction of sp³-hybridized carbons (Fsp3) is 0.471. The van der Waals surface area contributed by atoms with Gasteiger partial charge in [0.1, 0.15) is 0 Å². The molecule has 0 aromatic rings. The first kappa shape index (κ1) is 24.1. The van der Waals surface area contributed by atoms with Crippen molar-refractivity contribution in [3.63, 3.8) is 0 Å². The van der Waals surface area contributed by atoms with Gasteiger partial charge >= 0.3 is 25.9 Å². The van der Waals surface area contributed by atoms with E-state index < -0.39 is 57.3 Å². The molecule has 144 valence electrons. The summed E-state index contributed by atoms with van der Waals surface area (Å²) in [5.41, 5.74) is -2.33. The topological polar surface area (TPSA) is 114 Å². The molecule has 0 spiro atoms. The fourth-order valence-corrected chi connectivity index (χ4v) is 2.54. The molecule has 0 aliphatic carbocycles. The van der Waals surface area contributed by atoms with Crippen LogP contribution >= 0.6 is 8.03 Å². The number of carbonyl (C=O) groups is 3. The molecule has 0 aliphatic heterocycles. The first-order valence-corrected chi connectivity index (χ1v) is 8.63. The van der Waals surface area contributed by atoms with E-state index in [1.54, 1.807) is 0 Å². The molecule has 0 heterocycles. The summed E-state index contributed by atoms with van der Waals surface area (Å²) in [4.78, 5) is 36.4. The molecule has 0 radical (unpaired) electrons. The van der Waals surface area contributed by atoms with Crippen molar-refractivity contribution >= 4 is 25.9 Å². The summed E-state index contributed by atoms with van der Waals surface area (Å²) in [5.74, 6) is 2.94. The van der Waals surface area contributed by atoms with E-state index in [0.29, 0.717) is 0 Å². The first-order valence-electron chi connectivity index (χ1n) is 7.26. The zero-order chi connectivity index (χ0) is 20.7. The minimum Gasteiger partial charge on any atom is -0.452 e. The largest absolute Gasteiger partial charge is 0.538 e. The van der Waals surface area contributed by atoms with Crippen molar-refractivity contribution in [2.24, 2.45) is 0 Å². The van der Waals surface area contributed by atoms with E-state index in [1.807, 2.05) is 5.92 Å². The van der Waals surface area contributed by atoms with Crippen LogP contribution in [0.3, 0.4) is 0 Å². The molecule has 27 heavy (non-hydrogen) atoms. The van der Waals surface area contributed by atoms with Gasteiger partial charge in [-0.2, -0.15) is 0 Å². The van der Waals surface area contributed by atoms with Gasteiger partial charge in [-0.3, -0.25) is 9.59 Å². The Bertz CT molecular complexity index is 646. The van der Waals surface area contributed by atoms with Gasteiger partial charge < -0.3 is 18.9 Å². The number of rotatable bonds is 12. The maximum atomic E-state index is 12.5. The summed E-state index contributed by atoms with van der Waals surface area (Å²) >= 11 is 0. The van der Waals surface area contributed by atoms with Gasteiger partial charge in [0, 0.05) is 7.11 Å². The van der Waals surface area contributed by atoms with Gasteiger partial charge in [0.25, 0.3) is 6.35 Å². The molecule has 1 unspecified atom stereocenters. The van der Waals surface area contributed by atoms with Crippen LogP contribution in [-0.2, 0) is 42.4 Å². The standard InChI is InChI=1S/C17H18O9P/c1-5-8-23-14(18)11-17(16(20)25-10-7-3,26-27(21)13-22-4)12-15(19)24-9-6-2/h1-3H,8-13H2,4H3/q+1. The molecular weight excluding hydrogens is 379 g/mol. The molecule has 0 amide bonds. The van der Waals surface area contributed by atoms with Crippen molar-refractivity contribution in [1.82, 2.24) is 0 Å². The molecule has 0 bridgehead atoms. The summed E-state index contributed by atoms with van der Waals surface area (Å²) in [5, 5.41) is 0. The number of terminal acetylenes is 3. The van der Waals surface area contributed by atoms with Crippen molar-refractivity contribution < 1.29 is 42.4 Å². The molecule has 0 saturated heterocycles. The third-order valence-electron chi connectivity index (χ3n) is 2.66. The van der Waals surface area contributed by atoms with E-state index in [1.165, 1.54) is 7.11 Å². The molecule has 0 aromatic heterocycles. The minimum atomic E-state index is -2.62. The van der Waals surface area contributed by atoms with E-state index in [2.05, 4.69) is 16.6 Å². The maximum Gasteiger partial charge on any atom is 0.538 e. The Morgan fingerprint density at radius 1 is 0.889 bits per heavy atom. The van der Waals surface area contributed by atoms with Crippen LogP contribution in [0.5, 0.6) is 0 Å². The average molecular weight is 397 g/mol. The number of ether oxygens (including phenoxy) is 4. The van der Waals surface area contributed by atoms with Crippen LogP contribution < -0.4 is 0 Å². The highest BCUT2D eigenvalue weighted by Crippen LogP contribution is 2.36. The van der Waals surface area contributed by atoms with Crippen molar-refractivity contribution in [3.8, 4) is 37.0 Å². The molecular formula is C17H18O9P+. The smallest absolute Gasteiger partial charge is 0.452 e. The van der Waals surface area contributed by atoms with Gasteiger partial charge in [-0.25, -0.2) is 4.79 Å². The normalized spacial score (nSPS) is 10.5. The molecule has 1 atom stereocenters. The number of hydrogen-bond acceptors (Lipinski definition) is 9. The van der Waals surface area contributed by atoms with Crippen LogP contribution in [-0.4, -0.2) is 56.8 Å². The molecule has 0 rings (SSSR count). The Labute approximate surface area is 157 Å². The summed E-state index contributed by atoms with van der Waals surface area (Å²) < 4.78 is 36.0. The van der Waals surface area contributed by atoms with Crippen LogP contribution in [0.4, 0.5) is 0 Å². The highest BCUT2D eigenvalue weighted by atomic mass is 31.1. The lowest BCUT2D eigenvalue weighted by Gasteiger charge is -2.23. The second-order valence-electron chi connectivity index (χ2n) is 4.70. The quantitative estimate of drug-likeness (QED) is 0.200. The third kappa shape index (κ3) is 9.39. The number of carbonyl (C=O) groups excluding carboxylic acids is 3.